The number of aromatic nitrogens is 2. The molecule has 6 aromatic carbocycles. The smallest absolute Gasteiger partial charge is 0.210 e. The highest BCUT2D eigenvalue weighted by atomic mass is 32.2. The van der Waals surface area contributed by atoms with Gasteiger partial charge in [0.2, 0.25) is 9.84 Å². The molecule has 2 heterocycles. The second-order valence-electron chi connectivity index (χ2n) is 10.2. The van der Waals surface area contributed by atoms with Crippen LogP contribution in [0.25, 0.3) is 55.0 Å². The maximum atomic E-state index is 14.8. The summed E-state index contributed by atoms with van der Waals surface area (Å²) in [5.41, 5.74) is 5.11. The fourth-order valence-electron chi connectivity index (χ4n) is 6.22. The lowest BCUT2D eigenvalue weighted by atomic mass is 10.2. The fraction of sp³-hybridized carbons (Fsp3) is 0. The molecular formula is C36H24N2O2S. The molecule has 8 rings (SSSR count). The molecule has 0 aliphatic rings. The van der Waals surface area contributed by atoms with Crippen LogP contribution in [0.3, 0.4) is 0 Å². The summed E-state index contributed by atoms with van der Waals surface area (Å²) in [6.07, 6.45) is 0. The quantitative estimate of drug-likeness (QED) is 0.221. The van der Waals surface area contributed by atoms with Crippen molar-refractivity contribution in [1.29, 1.82) is 0 Å². The fourth-order valence-corrected chi connectivity index (χ4v) is 7.84. The van der Waals surface area contributed by atoms with E-state index in [1.54, 1.807) is 24.3 Å². The molecule has 0 saturated carbocycles. The van der Waals surface area contributed by atoms with Gasteiger partial charge >= 0.3 is 0 Å². The summed E-state index contributed by atoms with van der Waals surface area (Å²) in [6.45, 7) is 0. The lowest BCUT2D eigenvalue weighted by Gasteiger charge is -2.17. The number of benzene rings is 6. The van der Waals surface area contributed by atoms with Crippen molar-refractivity contribution < 1.29 is 8.42 Å². The molecular weight excluding hydrogens is 524 g/mol. The van der Waals surface area contributed by atoms with E-state index in [1.165, 1.54) is 0 Å². The normalized spacial score (nSPS) is 12.1. The topological polar surface area (TPSA) is 44.0 Å². The second kappa shape index (κ2) is 8.95. The molecule has 4 nitrogen and oxygen atoms in total. The Kier molecular flexibility index (Phi) is 5.18. The molecule has 0 aliphatic carbocycles. The van der Waals surface area contributed by atoms with E-state index in [1.807, 2.05) is 97.1 Å². The zero-order valence-electron chi connectivity index (χ0n) is 22.0. The molecule has 0 fully saturated rings. The lowest BCUT2D eigenvalue weighted by molar-refractivity contribution is 0.595. The molecule has 0 aliphatic heterocycles. The highest BCUT2D eigenvalue weighted by Crippen LogP contribution is 2.39. The summed E-state index contributed by atoms with van der Waals surface area (Å²) in [7, 11) is -3.97. The van der Waals surface area contributed by atoms with Gasteiger partial charge in [0.05, 0.1) is 43.2 Å². The van der Waals surface area contributed by atoms with Crippen LogP contribution in [0.1, 0.15) is 0 Å². The van der Waals surface area contributed by atoms with Crippen molar-refractivity contribution in [3.05, 3.63) is 146 Å². The Morgan fingerprint density at radius 2 is 0.610 bits per heavy atom. The minimum absolute atomic E-state index is 0.264. The molecule has 0 spiro atoms. The lowest BCUT2D eigenvalue weighted by Crippen LogP contribution is -2.11. The Bertz CT molecular complexity index is 2130. The van der Waals surface area contributed by atoms with Crippen LogP contribution in [-0.4, -0.2) is 17.6 Å². The predicted octanol–water partition coefficient (Wildman–Crippen LogP) is 8.71. The Morgan fingerprint density at radius 1 is 0.341 bits per heavy atom. The zero-order chi connectivity index (χ0) is 27.6. The van der Waals surface area contributed by atoms with Gasteiger partial charge in [-0.05, 0) is 48.5 Å². The second-order valence-corrected chi connectivity index (χ2v) is 12.1. The molecule has 8 aromatic rings. The van der Waals surface area contributed by atoms with Gasteiger partial charge in [-0.3, -0.25) is 0 Å². The molecule has 0 N–H and O–H groups in total. The van der Waals surface area contributed by atoms with Gasteiger partial charge in [0.1, 0.15) is 0 Å². The van der Waals surface area contributed by atoms with Crippen LogP contribution in [0.4, 0.5) is 0 Å². The van der Waals surface area contributed by atoms with Crippen molar-refractivity contribution >= 4 is 53.4 Å². The van der Waals surface area contributed by atoms with Gasteiger partial charge in [-0.15, -0.1) is 0 Å². The Balaban J connectivity index is 1.42. The summed E-state index contributed by atoms with van der Waals surface area (Å²) in [5.74, 6) is 0. The van der Waals surface area contributed by atoms with Crippen molar-refractivity contribution in [3.63, 3.8) is 0 Å². The van der Waals surface area contributed by atoms with Crippen LogP contribution >= 0.6 is 0 Å². The first-order chi connectivity index (χ1) is 20.1. The van der Waals surface area contributed by atoms with Crippen LogP contribution < -0.4 is 0 Å². The molecule has 0 saturated heterocycles. The molecule has 2 aromatic heterocycles. The van der Waals surface area contributed by atoms with Gasteiger partial charge in [-0.2, -0.15) is 0 Å². The van der Waals surface area contributed by atoms with Crippen LogP contribution in [0, 0.1) is 0 Å². The summed E-state index contributed by atoms with van der Waals surface area (Å²) < 4.78 is 33.7. The molecule has 41 heavy (non-hydrogen) atoms. The van der Waals surface area contributed by atoms with Gasteiger partial charge in [-0.25, -0.2) is 8.42 Å². The van der Waals surface area contributed by atoms with Crippen molar-refractivity contribution in [2.24, 2.45) is 0 Å². The standard InChI is InChI=1S/C36H24N2O2S/c39-41(40,35-23-11-9-21-33(35)37-29-17-5-1-13-25(29)26-14-2-6-18-30(26)37)36-24-12-10-22-34(36)38-31-19-7-3-15-27(31)28-16-4-8-20-32(28)38/h1-24H. The first kappa shape index (κ1) is 23.7. The molecule has 0 bridgehead atoms. The van der Waals surface area contributed by atoms with E-state index in [0.717, 1.165) is 43.6 Å². The third-order valence-electron chi connectivity index (χ3n) is 7.95. The van der Waals surface area contributed by atoms with Crippen LogP contribution in [0.2, 0.25) is 0 Å². The van der Waals surface area contributed by atoms with E-state index in [0.29, 0.717) is 11.4 Å². The van der Waals surface area contributed by atoms with E-state index in [9.17, 15) is 8.42 Å². The number of rotatable bonds is 4. The molecule has 0 amide bonds. The Hall–Kier alpha value is -5.13. The number of sulfone groups is 1. The van der Waals surface area contributed by atoms with Crippen LogP contribution in [0.15, 0.2) is 155 Å². The van der Waals surface area contributed by atoms with E-state index < -0.39 is 9.84 Å². The van der Waals surface area contributed by atoms with Gasteiger partial charge in [0.25, 0.3) is 0 Å². The highest BCUT2D eigenvalue weighted by Gasteiger charge is 2.28. The monoisotopic (exact) mass is 548 g/mol. The van der Waals surface area contributed by atoms with E-state index >= 15 is 0 Å². The van der Waals surface area contributed by atoms with Crippen molar-refractivity contribution in [2.45, 2.75) is 9.79 Å². The van der Waals surface area contributed by atoms with Gasteiger partial charge in [-0.1, -0.05) is 97.1 Å². The summed E-state index contributed by atoms with van der Waals surface area (Å²) in [5, 5.41) is 4.34. The number of para-hydroxylation sites is 6. The van der Waals surface area contributed by atoms with E-state index in [4.69, 9.17) is 0 Å². The Morgan fingerprint density at radius 3 is 0.951 bits per heavy atom. The molecule has 0 atom stereocenters. The number of fused-ring (bicyclic) bond motifs is 6. The third-order valence-corrected chi connectivity index (χ3v) is 9.80. The van der Waals surface area contributed by atoms with Crippen molar-refractivity contribution in [2.75, 3.05) is 0 Å². The molecule has 0 unspecified atom stereocenters. The minimum atomic E-state index is -3.97. The third kappa shape index (κ3) is 3.43. The van der Waals surface area contributed by atoms with Crippen molar-refractivity contribution in [1.82, 2.24) is 9.13 Å². The first-order valence-corrected chi connectivity index (χ1v) is 15.0. The minimum Gasteiger partial charge on any atom is -0.308 e. The molecule has 5 heteroatoms. The average Bonchev–Trinajstić information content (AvgIpc) is 3.54. The van der Waals surface area contributed by atoms with E-state index in [2.05, 4.69) is 33.4 Å². The summed E-state index contributed by atoms with van der Waals surface area (Å²) >= 11 is 0. The first-order valence-electron chi connectivity index (χ1n) is 13.5. The van der Waals surface area contributed by atoms with Gasteiger partial charge < -0.3 is 9.13 Å². The maximum absolute atomic E-state index is 14.8. The van der Waals surface area contributed by atoms with Crippen LogP contribution in [0.5, 0.6) is 0 Å². The van der Waals surface area contributed by atoms with E-state index in [-0.39, 0.29) is 9.79 Å². The van der Waals surface area contributed by atoms with Gasteiger partial charge in [0.15, 0.2) is 0 Å². The SMILES string of the molecule is O=S(=O)(c1ccccc1-n1c2ccccc2c2ccccc21)c1ccccc1-n1c2ccccc2c2ccccc21. The number of nitrogens with zero attached hydrogens (tertiary/aromatic N) is 2. The highest BCUT2D eigenvalue weighted by molar-refractivity contribution is 7.91. The molecule has 196 valence electrons. The largest absolute Gasteiger partial charge is 0.308 e. The summed E-state index contributed by atoms with van der Waals surface area (Å²) in [6, 6.07) is 47.2. The van der Waals surface area contributed by atoms with Crippen LogP contribution in [-0.2, 0) is 9.84 Å². The average molecular weight is 549 g/mol. The maximum Gasteiger partial charge on any atom is 0.210 e. The Labute approximate surface area is 237 Å². The predicted molar refractivity (Wildman–Crippen MR) is 167 cm³/mol. The number of hydrogen-bond donors (Lipinski definition) is 0. The van der Waals surface area contributed by atoms with Gasteiger partial charge in [0, 0.05) is 21.5 Å². The number of hydrogen-bond acceptors (Lipinski definition) is 2. The molecule has 0 radical (unpaired) electrons. The summed E-state index contributed by atoms with van der Waals surface area (Å²) in [4.78, 5) is 0.527. The van der Waals surface area contributed by atoms with Crippen molar-refractivity contribution in [3.8, 4) is 11.4 Å². The zero-order valence-corrected chi connectivity index (χ0v) is 22.8.